The summed E-state index contributed by atoms with van der Waals surface area (Å²) < 4.78 is 0. The monoisotopic (exact) mass is 436 g/mol. The van der Waals surface area contributed by atoms with Gasteiger partial charge in [0, 0.05) is 6.61 Å². The summed E-state index contributed by atoms with van der Waals surface area (Å²) in [5, 5.41) is 42.6. The predicted octanol–water partition coefficient (Wildman–Crippen LogP) is 4.38. The molecule has 4 aliphatic carbocycles. The highest BCUT2D eigenvalue weighted by Gasteiger charge is 2.65. The van der Waals surface area contributed by atoms with E-state index in [0.717, 1.165) is 51.4 Å². The molecule has 180 valence electrons. The third-order valence-electron chi connectivity index (χ3n) is 11.2. The van der Waals surface area contributed by atoms with Crippen molar-refractivity contribution in [3.63, 3.8) is 0 Å². The van der Waals surface area contributed by atoms with Gasteiger partial charge < -0.3 is 20.4 Å². The molecule has 0 bridgehead atoms. The zero-order chi connectivity index (χ0) is 22.6. The van der Waals surface area contributed by atoms with Crippen molar-refractivity contribution in [1.82, 2.24) is 0 Å². The minimum Gasteiger partial charge on any atom is -0.396 e. The lowest BCUT2D eigenvalue weighted by atomic mass is 9.43. The topological polar surface area (TPSA) is 80.9 Å². The number of aliphatic hydroxyl groups is 4. The van der Waals surface area contributed by atoms with Crippen LogP contribution in [0.3, 0.4) is 0 Å². The Balaban J connectivity index is 1.52. The third kappa shape index (κ3) is 3.92. The van der Waals surface area contributed by atoms with Gasteiger partial charge >= 0.3 is 0 Å². The standard InChI is InChI=1S/C27H48O4/c1-16(15-28)6-5-7-17(2)20-8-9-21-25-22(14-24(31)27(20,21)4)26(3)11-10-19(29)12-18(26)13-23(25)30/h16-25,28-31H,5-15H2,1-4H3/t16?,17?,18-,19+,20+,21-,22-,23+,24-,25-,26-,27+/m0/s1. The summed E-state index contributed by atoms with van der Waals surface area (Å²) in [6.45, 7) is 9.51. The summed E-state index contributed by atoms with van der Waals surface area (Å²) in [4.78, 5) is 0. The molecule has 0 aromatic heterocycles. The van der Waals surface area contributed by atoms with Crippen molar-refractivity contribution in [2.45, 2.75) is 110 Å². The van der Waals surface area contributed by atoms with Crippen LogP contribution in [0.2, 0.25) is 0 Å². The molecule has 0 amide bonds. The Morgan fingerprint density at radius 2 is 1.65 bits per heavy atom. The van der Waals surface area contributed by atoms with Crippen LogP contribution in [0.4, 0.5) is 0 Å². The van der Waals surface area contributed by atoms with E-state index in [1.807, 2.05) is 0 Å². The molecule has 4 nitrogen and oxygen atoms in total. The fraction of sp³-hybridized carbons (Fsp3) is 1.00. The molecule has 0 heterocycles. The predicted molar refractivity (Wildman–Crippen MR) is 123 cm³/mol. The van der Waals surface area contributed by atoms with Gasteiger partial charge in [-0.1, -0.05) is 40.5 Å². The van der Waals surface area contributed by atoms with Crippen molar-refractivity contribution in [2.24, 2.45) is 52.3 Å². The lowest BCUT2D eigenvalue weighted by Gasteiger charge is -2.63. The molecule has 0 aromatic carbocycles. The summed E-state index contributed by atoms with van der Waals surface area (Å²) in [5.41, 5.74) is 0.0527. The molecule has 4 aliphatic rings. The Labute approximate surface area is 189 Å². The Morgan fingerprint density at radius 3 is 2.35 bits per heavy atom. The Hall–Kier alpha value is -0.160. The molecule has 12 atom stereocenters. The van der Waals surface area contributed by atoms with E-state index in [2.05, 4.69) is 27.7 Å². The highest BCUT2D eigenvalue weighted by Crippen LogP contribution is 2.68. The number of fused-ring (bicyclic) bond motifs is 5. The first kappa shape index (κ1) is 24.0. The SMILES string of the molecule is CC(CO)CCCC(C)[C@H]1CC[C@H]2[C@@H]3[C@H](O)C[C@@H]4C[C@H](O)CC[C@]4(C)[C@H]3C[C@H](O)[C@]12C. The van der Waals surface area contributed by atoms with Gasteiger partial charge in [-0.05, 0) is 104 Å². The zero-order valence-corrected chi connectivity index (χ0v) is 20.3. The van der Waals surface area contributed by atoms with E-state index in [4.69, 9.17) is 0 Å². The molecule has 4 heteroatoms. The van der Waals surface area contributed by atoms with Crippen LogP contribution in [0.5, 0.6) is 0 Å². The van der Waals surface area contributed by atoms with Crippen LogP contribution in [0.25, 0.3) is 0 Å². The average Bonchev–Trinajstić information content (AvgIpc) is 3.08. The molecule has 0 aromatic rings. The summed E-state index contributed by atoms with van der Waals surface area (Å²) in [6, 6.07) is 0. The van der Waals surface area contributed by atoms with E-state index in [0.29, 0.717) is 41.4 Å². The van der Waals surface area contributed by atoms with E-state index < -0.39 is 0 Å². The van der Waals surface area contributed by atoms with Gasteiger partial charge in [0.1, 0.15) is 0 Å². The van der Waals surface area contributed by atoms with Crippen LogP contribution in [-0.4, -0.2) is 45.3 Å². The van der Waals surface area contributed by atoms with Gasteiger partial charge in [-0.2, -0.15) is 0 Å². The minimum atomic E-state index is -0.292. The van der Waals surface area contributed by atoms with Crippen molar-refractivity contribution in [3.8, 4) is 0 Å². The van der Waals surface area contributed by atoms with Crippen LogP contribution in [0, 0.1) is 52.3 Å². The number of rotatable bonds is 6. The molecular formula is C27H48O4. The molecule has 4 fully saturated rings. The molecule has 0 radical (unpaired) electrons. The first-order valence-corrected chi connectivity index (χ1v) is 13.3. The molecule has 4 rings (SSSR count). The molecule has 4 saturated carbocycles. The fourth-order valence-corrected chi connectivity index (χ4v) is 9.21. The highest BCUT2D eigenvalue weighted by molar-refractivity contribution is 5.14. The zero-order valence-electron chi connectivity index (χ0n) is 20.3. The highest BCUT2D eigenvalue weighted by atomic mass is 16.3. The first-order chi connectivity index (χ1) is 14.6. The maximum absolute atomic E-state index is 11.6. The second kappa shape index (κ2) is 8.89. The van der Waals surface area contributed by atoms with Crippen molar-refractivity contribution in [2.75, 3.05) is 6.61 Å². The largest absolute Gasteiger partial charge is 0.396 e. The Bertz CT molecular complexity index is 624. The Morgan fingerprint density at radius 1 is 0.903 bits per heavy atom. The van der Waals surface area contributed by atoms with Crippen LogP contribution in [0.1, 0.15) is 91.9 Å². The smallest absolute Gasteiger partial charge is 0.0602 e. The second-order valence-corrected chi connectivity index (χ2v) is 12.7. The van der Waals surface area contributed by atoms with E-state index in [1.54, 1.807) is 0 Å². The van der Waals surface area contributed by atoms with Gasteiger partial charge in [-0.3, -0.25) is 0 Å². The van der Waals surface area contributed by atoms with Crippen molar-refractivity contribution in [1.29, 1.82) is 0 Å². The second-order valence-electron chi connectivity index (χ2n) is 12.7. The fourth-order valence-electron chi connectivity index (χ4n) is 9.21. The number of hydrogen-bond acceptors (Lipinski definition) is 4. The van der Waals surface area contributed by atoms with E-state index in [1.165, 1.54) is 12.8 Å². The van der Waals surface area contributed by atoms with Crippen LogP contribution < -0.4 is 0 Å². The first-order valence-electron chi connectivity index (χ1n) is 13.3. The summed E-state index contributed by atoms with van der Waals surface area (Å²) in [6.07, 6.45) is 9.27. The van der Waals surface area contributed by atoms with Crippen LogP contribution in [0.15, 0.2) is 0 Å². The quantitative estimate of drug-likeness (QED) is 0.498. The summed E-state index contributed by atoms with van der Waals surface area (Å²) in [5.74, 6) is 2.93. The van der Waals surface area contributed by atoms with E-state index in [9.17, 15) is 20.4 Å². The van der Waals surface area contributed by atoms with Gasteiger partial charge in [-0.15, -0.1) is 0 Å². The van der Waals surface area contributed by atoms with Crippen LogP contribution in [-0.2, 0) is 0 Å². The third-order valence-corrected chi connectivity index (χ3v) is 11.2. The lowest BCUT2D eigenvalue weighted by molar-refractivity contribution is -0.207. The van der Waals surface area contributed by atoms with E-state index in [-0.39, 0.29) is 35.7 Å². The van der Waals surface area contributed by atoms with Crippen LogP contribution >= 0.6 is 0 Å². The lowest BCUT2D eigenvalue weighted by Crippen LogP contribution is -2.62. The van der Waals surface area contributed by atoms with Crippen molar-refractivity contribution >= 4 is 0 Å². The molecule has 0 spiro atoms. The van der Waals surface area contributed by atoms with Gasteiger partial charge in [-0.25, -0.2) is 0 Å². The molecule has 0 saturated heterocycles. The minimum absolute atomic E-state index is 0.0957. The summed E-state index contributed by atoms with van der Waals surface area (Å²) >= 11 is 0. The van der Waals surface area contributed by atoms with Crippen molar-refractivity contribution in [3.05, 3.63) is 0 Å². The number of aliphatic hydroxyl groups excluding tert-OH is 4. The molecule has 4 N–H and O–H groups in total. The van der Waals surface area contributed by atoms with Gasteiger partial charge in [0.25, 0.3) is 0 Å². The summed E-state index contributed by atoms with van der Waals surface area (Å²) in [7, 11) is 0. The maximum Gasteiger partial charge on any atom is 0.0602 e. The van der Waals surface area contributed by atoms with Gasteiger partial charge in [0.15, 0.2) is 0 Å². The maximum atomic E-state index is 11.6. The van der Waals surface area contributed by atoms with Crippen molar-refractivity contribution < 1.29 is 20.4 Å². The van der Waals surface area contributed by atoms with Gasteiger partial charge in [0.05, 0.1) is 18.3 Å². The molecular weight excluding hydrogens is 388 g/mol. The molecule has 31 heavy (non-hydrogen) atoms. The molecule has 2 unspecified atom stereocenters. The average molecular weight is 437 g/mol. The Kier molecular flexibility index (Phi) is 6.88. The molecule has 0 aliphatic heterocycles. The van der Waals surface area contributed by atoms with E-state index >= 15 is 0 Å². The normalized spacial score (nSPS) is 51.5. The number of hydrogen-bond donors (Lipinski definition) is 4. The van der Waals surface area contributed by atoms with Gasteiger partial charge in [0.2, 0.25) is 0 Å².